The molecule has 0 spiro atoms. The zero-order valence-corrected chi connectivity index (χ0v) is 13.2. The fraction of sp³-hybridized carbons (Fsp3) is 0.600. The number of nitrogens with one attached hydrogen (secondary N) is 1. The minimum atomic E-state index is -0.834. The van der Waals surface area contributed by atoms with Crippen molar-refractivity contribution < 1.29 is 14.7 Å². The van der Waals surface area contributed by atoms with Crippen LogP contribution < -0.4 is 5.32 Å². The molecule has 0 aromatic carbocycles. The van der Waals surface area contributed by atoms with Crippen molar-refractivity contribution in [1.29, 1.82) is 0 Å². The highest BCUT2D eigenvalue weighted by Gasteiger charge is 2.32. The predicted octanol–water partition coefficient (Wildman–Crippen LogP) is 2.11. The van der Waals surface area contributed by atoms with Crippen LogP contribution in [0.2, 0.25) is 0 Å². The minimum absolute atomic E-state index is 0.0108. The van der Waals surface area contributed by atoms with E-state index in [-0.39, 0.29) is 18.5 Å². The summed E-state index contributed by atoms with van der Waals surface area (Å²) in [6.07, 6.45) is 1.46. The molecular weight excluding hydrogens is 288 g/mol. The zero-order valence-electron chi connectivity index (χ0n) is 12.4. The van der Waals surface area contributed by atoms with E-state index < -0.39 is 12.0 Å². The molecule has 1 fully saturated rings. The maximum Gasteiger partial charge on any atom is 0.320 e. The van der Waals surface area contributed by atoms with Gasteiger partial charge in [0, 0.05) is 4.88 Å². The molecule has 116 valence electrons. The molecule has 0 saturated carbocycles. The summed E-state index contributed by atoms with van der Waals surface area (Å²) in [7, 11) is 0. The van der Waals surface area contributed by atoms with Crippen molar-refractivity contribution in [3.05, 3.63) is 22.4 Å². The molecule has 0 aliphatic carbocycles. The summed E-state index contributed by atoms with van der Waals surface area (Å²) < 4.78 is 0. The zero-order chi connectivity index (χ0) is 15.4. The Kier molecular flexibility index (Phi) is 5.36. The molecule has 0 bridgehead atoms. The molecular formula is C15H22N2O3S. The van der Waals surface area contributed by atoms with Crippen LogP contribution in [-0.4, -0.2) is 41.0 Å². The Morgan fingerprint density at radius 3 is 2.86 bits per heavy atom. The standard InChI is InChI=1S/C15H22N2O3S/c1-10(2)14(12-6-4-8-21-12)16-13(18)9-17-7-3-5-11(17)15(19)20/h4,6,8,10-11,14H,3,5,7,9H2,1-2H3,(H,16,18)(H,19,20). The summed E-state index contributed by atoms with van der Waals surface area (Å²) in [6, 6.07) is 3.46. The van der Waals surface area contributed by atoms with E-state index in [0.29, 0.717) is 18.9 Å². The Morgan fingerprint density at radius 1 is 1.52 bits per heavy atom. The molecule has 2 unspecified atom stereocenters. The van der Waals surface area contributed by atoms with Crippen molar-refractivity contribution >= 4 is 23.2 Å². The topological polar surface area (TPSA) is 69.6 Å². The Balaban J connectivity index is 1.95. The van der Waals surface area contributed by atoms with Crippen LogP contribution in [0.15, 0.2) is 17.5 Å². The number of amides is 1. The van der Waals surface area contributed by atoms with Crippen molar-refractivity contribution in [2.24, 2.45) is 5.92 Å². The number of rotatable bonds is 6. The first kappa shape index (κ1) is 16.0. The van der Waals surface area contributed by atoms with Crippen LogP contribution in [0.5, 0.6) is 0 Å². The summed E-state index contributed by atoms with van der Waals surface area (Å²) in [4.78, 5) is 26.3. The van der Waals surface area contributed by atoms with Gasteiger partial charge in [-0.05, 0) is 36.8 Å². The number of hydrogen-bond acceptors (Lipinski definition) is 4. The number of carbonyl (C=O) groups excluding carboxylic acids is 1. The fourth-order valence-corrected chi connectivity index (χ4v) is 3.68. The molecule has 1 aliphatic heterocycles. The van der Waals surface area contributed by atoms with E-state index in [2.05, 4.69) is 19.2 Å². The van der Waals surface area contributed by atoms with Crippen LogP contribution in [0, 0.1) is 5.92 Å². The van der Waals surface area contributed by atoms with Gasteiger partial charge in [-0.25, -0.2) is 0 Å². The first-order chi connectivity index (χ1) is 9.99. The van der Waals surface area contributed by atoms with E-state index in [9.17, 15) is 9.59 Å². The van der Waals surface area contributed by atoms with E-state index in [1.54, 1.807) is 16.2 Å². The number of carboxylic acids is 1. The van der Waals surface area contributed by atoms with Gasteiger partial charge in [0.1, 0.15) is 6.04 Å². The predicted molar refractivity (Wildman–Crippen MR) is 82.3 cm³/mol. The molecule has 1 amide bonds. The summed E-state index contributed by atoms with van der Waals surface area (Å²) in [6.45, 7) is 4.97. The van der Waals surface area contributed by atoms with E-state index in [1.165, 1.54) is 0 Å². The normalized spacial score (nSPS) is 20.6. The van der Waals surface area contributed by atoms with Gasteiger partial charge >= 0.3 is 5.97 Å². The van der Waals surface area contributed by atoms with Gasteiger partial charge in [-0.3, -0.25) is 14.5 Å². The second-order valence-corrected chi connectivity index (χ2v) is 6.75. The van der Waals surface area contributed by atoms with Gasteiger partial charge in [0.05, 0.1) is 12.6 Å². The van der Waals surface area contributed by atoms with E-state index in [0.717, 1.165) is 11.3 Å². The highest BCUT2D eigenvalue weighted by molar-refractivity contribution is 7.10. The van der Waals surface area contributed by atoms with Gasteiger partial charge in [-0.1, -0.05) is 19.9 Å². The molecule has 1 aromatic heterocycles. The first-order valence-electron chi connectivity index (χ1n) is 7.28. The molecule has 1 aliphatic rings. The number of carbonyl (C=O) groups is 2. The second-order valence-electron chi connectivity index (χ2n) is 5.77. The van der Waals surface area contributed by atoms with Crippen molar-refractivity contribution in [2.45, 2.75) is 38.8 Å². The lowest BCUT2D eigenvalue weighted by molar-refractivity contribution is -0.142. The summed E-state index contributed by atoms with van der Waals surface area (Å²) >= 11 is 1.63. The molecule has 6 heteroatoms. The molecule has 2 heterocycles. The van der Waals surface area contributed by atoms with Crippen LogP contribution in [0.25, 0.3) is 0 Å². The van der Waals surface area contributed by atoms with Crippen LogP contribution in [-0.2, 0) is 9.59 Å². The van der Waals surface area contributed by atoms with Crippen molar-refractivity contribution in [1.82, 2.24) is 10.2 Å². The molecule has 21 heavy (non-hydrogen) atoms. The Labute approximate surface area is 129 Å². The summed E-state index contributed by atoms with van der Waals surface area (Å²) in [5.74, 6) is -0.643. The monoisotopic (exact) mass is 310 g/mol. The minimum Gasteiger partial charge on any atom is -0.480 e. The fourth-order valence-electron chi connectivity index (χ4n) is 2.73. The molecule has 2 atom stereocenters. The first-order valence-corrected chi connectivity index (χ1v) is 8.16. The van der Waals surface area contributed by atoms with Crippen LogP contribution in [0.1, 0.15) is 37.6 Å². The number of carboxylic acid groups (broad SMARTS) is 1. The lowest BCUT2D eigenvalue weighted by Gasteiger charge is -2.25. The quantitative estimate of drug-likeness (QED) is 0.844. The number of thiophene rings is 1. The van der Waals surface area contributed by atoms with Gasteiger partial charge in [0.15, 0.2) is 0 Å². The van der Waals surface area contributed by atoms with Gasteiger partial charge in [-0.2, -0.15) is 0 Å². The van der Waals surface area contributed by atoms with Crippen molar-refractivity contribution in [3.8, 4) is 0 Å². The van der Waals surface area contributed by atoms with Gasteiger partial charge in [0.25, 0.3) is 0 Å². The Morgan fingerprint density at radius 2 is 2.29 bits per heavy atom. The molecule has 2 rings (SSSR count). The van der Waals surface area contributed by atoms with Crippen LogP contribution in [0.3, 0.4) is 0 Å². The summed E-state index contributed by atoms with van der Waals surface area (Å²) in [5.41, 5.74) is 0. The van der Waals surface area contributed by atoms with Gasteiger partial charge in [-0.15, -0.1) is 11.3 Å². The molecule has 1 aromatic rings. The number of nitrogens with zero attached hydrogens (tertiary/aromatic N) is 1. The molecule has 2 N–H and O–H groups in total. The molecule has 1 saturated heterocycles. The van der Waals surface area contributed by atoms with Gasteiger partial charge < -0.3 is 10.4 Å². The number of hydrogen-bond donors (Lipinski definition) is 2. The Hall–Kier alpha value is -1.40. The van der Waals surface area contributed by atoms with Crippen LogP contribution in [0.4, 0.5) is 0 Å². The SMILES string of the molecule is CC(C)C(NC(=O)CN1CCCC1C(=O)O)c1cccs1. The van der Waals surface area contributed by atoms with Crippen LogP contribution >= 0.6 is 11.3 Å². The Bertz CT molecular complexity index is 487. The molecule has 5 nitrogen and oxygen atoms in total. The van der Waals surface area contributed by atoms with E-state index >= 15 is 0 Å². The van der Waals surface area contributed by atoms with E-state index in [1.807, 2.05) is 17.5 Å². The maximum atomic E-state index is 12.2. The third-order valence-corrected chi connectivity index (χ3v) is 4.78. The highest BCUT2D eigenvalue weighted by Crippen LogP contribution is 2.26. The second kappa shape index (κ2) is 7.04. The smallest absolute Gasteiger partial charge is 0.320 e. The van der Waals surface area contributed by atoms with Crippen molar-refractivity contribution in [3.63, 3.8) is 0 Å². The number of likely N-dealkylation sites (tertiary alicyclic amines) is 1. The average Bonchev–Trinajstić information content (AvgIpc) is 3.06. The number of aliphatic carboxylic acids is 1. The third kappa shape index (κ3) is 4.04. The van der Waals surface area contributed by atoms with Crippen molar-refractivity contribution in [2.75, 3.05) is 13.1 Å². The maximum absolute atomic E-state index is 12.2. The summed E-state index contributed by atoms with van der Waals surface area (Å²) in [5, 5.41) is 14.2. The average molecular weight is 310 g/mol. The molecule has 0 radical (unpaired) electrons. The van der Waals surface area contributed by atoms with Gasteiger partial charge in [0.2, 0.25) is 5.91 Å². The largest absolute Gasteiger partial charge is 0.480 e. The van der Waals surface area contributed by atoms with E-state index in [4.69, 9.17) is 5.11 Å². The lowest BCUT2D eigenvalue weighted by Crippen LogP contribution is -2.44. The highest BCUT2D eigenvalue weighted by atomic mass is 32.1. The third-order valence-electron chi connectivity index (χ3n) is 3.83. The lowest BCUT2D eigenvalue weighted by atomic mass is 10.0.